The van der Waals surface area contributed by atoms with Gasteiger partial charge >= 0.3 is 6.18 Å². The van der Waals surface area contributed by atoms with E-state index in [1.165, 1.54) is 18.3 Å². The summed E-state index contributed by atoms with van der Waals surface area (Å²) in [6.45, 7) is 0. The first kappa shape index (κ1) is 11.8. The molecular formula is C8H6ClF3N2O. The molecule has 1 aromatic rings. The fraction of sp³-hybridized carbons (Fsp3) is 0.250. The van der Waals surface area contributed by atoms with Crippen molar-refractivity contribution in [2.24, 2.45) is 0 Å². The smallest absolute Gasteiger partial charge is 0.326 e. The predicted molar refractivity (Wildman–Crippen MR) is 48.5 cm³/mol. The normalized spacial score (nSPS) is 11.2. The van der Waals surface area contributed by atoms with Gasteiger partial charge < -0.3 is 5.32 Å². The summed E-state index contributed by atoms with van der Waals surface area (Å²) in [5.41, 5.74) is 0.184. The fourth-order valence-electron chi connectivity index (χ4n) is 0.867. The third-order valence-electron chi connectivity index (χ3n) is 1.37. The molecule has 82 valence electrons. The number of hydrogen-bond donors (Lipinski definition) is 1. The van der Waals surface area contributed by atoms with Crippen LogP contribution in [-0.2, 0) is 4.79 Å². The van der Waals surface area contributed by atoms with Gasteiger partial charge in [0.05, 0.1) is 0 Å². The van der Waals surface area contributed by atoms with Crippen LogP contribution in [0, 0.1) is 0 Å². The molecule has 0 unspecified atom stereocenters. The summed E-state index contributed by atoms with van der Waals surface area (Å²) in [5, 5.41) is 2.15. The van der Waals surface area contributed by atoms with E-state index in [9.17, 15) is 18.0 Å². The van der Waals surface area contributed by atoms with Crippen molar-refractivity contribution in [1.82, 2.24) is 4.98 Å². The molecule has 1 amide bonds. The Balaban J connectivity index is 2.59. The molecule has 0 saturated heterocycles. The molecule has 1 N–H and O–H groups in total. The molecule has 1 heterocycles. The second-order valence-electron chi connectivity index (χ2n) is 2.71. The van der Waals surface area contributed by atoms with Crippen LogP contribution >= 0.6 is 11.6 Å². The quantitative estimate of drug-likeness (QED) is 0.805. The molecule has 0 aromatic carbocycles. The van der Waals surface area contributed by atoms with Crippen molar-refractivity contribution in [3.05, 3.63) is 23.5 Å². The first-order chi connectivity index (χ1) is 6.87. The highest BCUT2D eigenvalue weighted by Gasteiger charge is 2.31. The standard InChI is InChI=1S/C8H6ClF3N2O/c9-6-3-5(1-2-13-6)14-7(15)4-8(10,11)12/h1-3H,4H2,(H,13,14,15). The second kappa shape index (κ2) is 4.48. The number of aromatic nitrogens is 1. The van der Waals surface area contributed by atoms with E-state index in [2.05, 4.69) is 10.3 Å². The molecule has 0 bridgehead atoms. The average molecular weight is 239 g/mol. The molecule has 0 spiro atoms. The SMILES string of the molecule is O=C(CC(F)(F)F)Nc1ccnc(Cl)c1. The van der Waals surface area contributed by atoms with E-state index in [0.717, 1.165) is 0 Å². The van der Waals surface area contributed by atoms with Gasteiger partial charge in [0.25, 0.3) is 0 Å². The second-order valence-corrected chi connectivity index (χ2v) is 3.09. The first-order valence-electron chi connectivity index (χ1n) is 3.85. The first-order valence-corrected chi connectivity index (χ1v) is 4.23. The topological polar surface area (TPSA) is 42.0 Å². The van der Waals surface area contributed by atoms with E-state index >= 15 is 0 Å². The van der Waals surface area contributed by atoms with Gasteiger partial charge in [0.2, 0.25) is 5.91 Å². The van der Waals surface area contributed by atoms with Gasteiger partial charge in [-0.2, -0.15) is 13.2 Å². The summed E-state index contributed by atoms with van der Waals surface area (Å²) in [6, 6.07) is 2.61. The number of amides is 1. The zero-order valence-electron chi connectivity index (χ0n) is 7.31. The van der Waals surface area contributed by atoms with Gasteiger partial charge in [-0.05, 0) is 12.1 Å². The largest absolute Gasteiger partial charge is 0.397 e. The molecule has 0 aliphatic heterocycles. The van der Waals surface area contributed by atoms with E-state index in [1.807, 2.05) is 0 Å². The lowest BCUT2D eigenvalue weighted by molar-refractivity contribution is -0.150. The lowest BCUT2D eigenvalue weighted by Crippen LogP contribution is -2.21. The van der Waals surface area contributed by atoms with Gasteiger partial charge in [0, 0.05) is 11.9 Å². The van der Waals surface area contributed by atoms with Crippen molar-refractivity contribution in [2.45, 2.75) is 12.6 Å². The number of alkyl halides is 3. The maximum atomic E-state index is 11.8. The summed E-state index contributed by atoms with van der Waals surface area (Å²) in [7, 11) is 0. The molecule has 0 aliphatic carbocycles. The Hall–Kier alpha value is -1.30. The van der Waals surface area contributed by atoms with Crippen LogP contribution < -0.4 is 5.32 Å². The maximum Gasteiger partial charge on any atom is 0.397 e. The molecular weight excluding hydrogens is 233 g/mol. The predicted octanol–water partition coefficient (Wildman–Crippen LogP) is 2.63. The van der Waals surface area contributed by atoms with Gasteiger partial charge in [0.1, 0.15) is 11.6 Å². The summed E-state index contributed by atoms with van der Waals surface area (Å²) < 4.78 is 35.4. The van der Waals surface area contributed by atoms with E-state index in [4.69, 9.17) is 11.6 Å². The van der Waals surface area contributed by atoms with E-state index in [-0.39, 0.29) is 10.8 Å². The molecule has 1 aromatic heterocycles. The number of rotatable bonds is 2. The average Bonchev–Trinajstić information content (AvgIpc) is 1.99. The Labute approximate surface area is 88.3 Å². The monoisotopic (exact) mass is 238 g/mol. The Bertz CT molecular complexity index is 367. The van der Waals surface area contributed by atoms with Crippen molar-refractivity contribution >= 4 is 23.2 Å². The van der Waals surface area contributed by atoms with E-state index < -0.39 is 18.5 Å². The fourth-order valence-corrected chi connectivity index (χ4v) is 1.04. The van der Waals surface area contributed by atoms with Crippen LogP contribution in [-0.4, -0.2) is 17.1 Å². The number of carbonyl (C=O) groups excluding carboxylic acids is 1. The number of carbonyl (C=O) groups is 1. The van der Waals surface area contributed by atoms with E-state index in [0.29, 0.717) is 0 Å². The lowest BCUT2D eigenvalue weighted by atomic mass is 10.3. The highest BCUT2D eigenvalue weighted by atomic mass is 35.5. The van der Waals surface area contributed by atoms with Crippen molar-refractivity contribution in [3.63, 3.8) is 0 Å². The molecule has 0 saturated carbocycles. The number of halogens is 4. The van der Waals surface area contributed by atoms with Crippen LogP contribution in [0.25, 0.3) is 0 Å². The highest BCUT2D eigenvalue weighted by molar-refractivity contribution is 6.29. The van der Waals surface area contributed by atoms with Crippen LogP contribution in [0.4, 0.5) is 18.9 Å². The number of pyridine rings is 1. The number of anilines is 1. The van der Waals surface area contributed by atoms with Crippen LogP contribution in [0.5, 0.6) is 0 Å². The third kappa shape index (κ3) is 4.64. The summed E-state index contributed by atoms with van der Waals surface area (Å²) >= 11 is 5.48. The minimum atomic E-state index is -4.51. The molecule has 0 radical (unpaired) electrons. The zero-order valence-corrected chi connectivity index (χ0v) is 8.06. The minimum Gasteiger partial charge on any atom is -0.326 e. The number of nitrogens with zero attached hydrogens (tertiary/aromatic N) is 1. The Morgan fingerprint density at radius 2 is 2.20 bits per heavy atom. The molecule has 7 heteroatoms. The lowest BCUT2D eigenvalue weighted by Gasteiger charge is -2.07. The van der Waals surface area contributed by atoms with Gasteiger partial charge in [0.15, 0.2) is 0 Å². The number of nitrogens with one attached hydrogen (secondary N) is 1. The minimum absolute atomic E-state index is 0.0970. The van der Waals surface area contributed by atoms with Crippen molar-refractivity contribution < 1.29 is 18.0 Å². The summed E-state index contributed by atoms with van der Waals surface area (Å²) in [4.78, 5) is 14.5. The molecule has 0 fully saturated rings. The molecule has 3 nitrogen and oxygen atoms in total. The Kier molecular flexibility index (Phi) is 3.52. The maximum absolute atomic E-state index is 11.8. The van der Waals surface area contributed by atoms with Crippen LogP contribution in [0.15, 0.2) is 18.3 Å². The number of hydrogen-bond acceptors (Lipinski definition) is 2. The van der Waals surface area contributed by atoms with Gasteiger partial charge in [-0.25, -0.2) is 4.98 Å². The summed E-state index contributed by atoms with van der Waals surface area (Å²) in [5.74, 6) is -1.13. The van der Waals surface area contributed by atoms with Crippen molar-refractivity contribution in [1.29, 1.82) is 0 Å². The van der Waals surface area contributed by atoms with Gasteiger partial charge in [-0.15, -0.1) is 0 Å². The van der Waals surface area contributed by atoms with Gasteiger partial charge in [-0.3, -0.25) is 4.79 Å². The molecule has 0 aliphatic rings. The van der Waals surface area contributed by atoms with Crippen LogP contribution in [0.1, 0.15) is 6.42 Å². The van der Waals surface area contributed by atoms with Gasteiger partial charge in [-0.1, -0.05) is 11.6 Å². The molecule has 15 heavy (non-hydrogen) atoms. The molecule has 1 rings (SSSR count). The van der Waals surface area contributed by atoms with Crippen LogP contribution in [0.3, 0.4) is 0 Å². The summed E-state index contributed by atoms with van der Waals surface area (Å²) in [6.07, 6.45) is -4.75. The van der Waals surface area contributed by atoms with Crippen molar-refractivity contribution in [2.75, 3.05) is 5.32 Å². The van der Waals surface area contributed by atoms with E-state index in [1.54, 1.807) is 0 Å². The van der Waals surface area contributed by atoms with Crippen LogP contribution in [0.2, 0.25) is 5.15 Å². The Morgan fingerprint density at radius 3 is 2.73 bits per heavy atom. The highest BCUT2D eigenvalue weighted by Crippen LogP contribution is 2.20. The molecule has 0 atom stereocenters. The zero-order chi connectivity index (χ0) is 11.5. The third-order valence-corrected chi connectivity index (χ3v) is 1.58. The Morgan fingerprint density at radius 1 is 1.53 bits per heavy atom. The van der Waals surface area contributed by atoms with Crippen molar-refractivity contribution in [3.8, 4) is 0 Å².